The minimum atomic E-state index is -0.998. The first-order valence-electron chi connectivity index (χ1n) is 19.9. The van der Waals surface area contributed by atoms with Crippen LogP contribution in [-0.4, -0.2) is 40.3 Å². The molecule has 2 aliphatic rings. The molecule has 0 heterocycles. The number of rotatable bonds is 18. The van der Waals surface area contributed by atoms with Crippen LogP contribution in [0.4, 0.5) is 0 Å². The molecule has 0 aromatic carbocycles. The summed E-state index contributed by atoms with van der Waals surface area (Å²) < 4.78 is 11.3. The summed E-state index contributed by atoms with van der Waals surface area (Å²) in [7, 11) is 0. The van der Waals surface area contributed by atoms with E-state index in [1.165, 1.54) is 16.7 Å². The fourth-order valence-corrected chi connectivity index (χ4v) is 7.66. The number of aliphatic hydroxyl groups excluding tert-OH is 1. The molecule has 0 spiro atoms. The van der Waals surface area contributed by atoms with E-state index in [0.717, 1.165) is 29.6 Å². The predicted molar refractivity (Wildman–Crippen MR) is 230 cm³/mol. The lowest BCUT2D eigenvalue weighted by Crippen LogP contribution is -2.40. The summed E-state index contributed by atoms with van der Waals surface area (Å²) in [6.07, 6.45) is 32.3. The van der Waals surface area contributed by atoms with Gasteiger partial charge in [-0.2, -0.15) is 0 Å². The largest absolute Gasteiger partial charge is 0.513 e. The monoisotopic (exact) mass is 768 g/mol. The summed E-state index contributed by atoms with van der Waals surface area (Å²) in [6.45, 7) is 24.9. The lowest BCUT2D eigenvalue weighted by molar-refractivity contribution is -0.155. The number of allylic oxidation sites excluding steroid dienone is 20. The van der Waals surface area contributed by atoms with E-state index >= 15 is 0 Å². The van der Waals surface area contributed by atoms with Crippen LogP contribution in [0.25, 0.3) is 0 Å². The first kappa shape index (κ1) is 47.5. The minimum absolute atomic E-state index is 0.00765. The Kier molecular flexibility index (Phi) is 19.3. The van der Waals surface area contributed by atoms with Crippen LogP contribution in [0.1, 0.15) is 121 Å². The number of carbonyl (C=O) groups is 3. The van der Waals surface area contributed by atoms with Crippen LogP contribution < -0.4 is 0 Å². The Morgan fingerprint density at radius 2 is 1.21 bits per heavy atom. The second kappa shape index (κ2) is 22.8. The average molecular weight is 769 g/mol. The third kappa shape index (κ3) is 17.9. The minimum Gasteiger partial charge on any atom is -0.513 e. The van der Waals surface area contributed by atoms with E-state index in [2.05, 4.69) is 149 Å². The molecule has 2 aliphatic carbocycles. The molecule has 4 atom stereocenters. The fraction of sp³-hybridized carbons (Fsp3) is 0.490. The number of aliphatic hydroxyl groups is 1. The van der Waals surface area contributed by atoms with Gasteiger partial charge in [-0.15, -0.1) is 0 Å². The van der Waals surface area contributed by atoms with Crippen LogP contribution >= 0.6 is 0 Å². The van der Waals surface area contributed by atoms with Gasteiger partial charge in [-0.25, -0.2) is 0 Å². The van der Waals surface area contributed by atoms with Crippen molar-refractivity contribution in [2.24, 2.45) is 22.7 Å². The highest BCUT2D eigenvalue weighted by Crippen LogP contribution is 2.46. The molecule has 2 rings (SSSR count). The van der Waals surface area contributed by atoms with E-state index in [0.29, 0.717) is 24.7 Å². The van der Waals surface area contributed by atoms with Crippen molar-refractivity contribution in [1.82, 2.24) is 0 Å². The SMILES string of the molecule is C=C(O)CCC(=O)OC1CC(C)C(/C=C/C(C)=C/C=C/C(C)=C/C=C/C=C(C)/C=C/C=C(C)/C=C/C2=C(C)CC(OC(=O)CCC(=O)O)CC2(C)C)C(C)(C)C1. The van der Waals surface area contributed by atoms with Gasteiger partial charge in [-0.05, 0) is 82.1 Å². The molecule has 7 nitrogen and oxygen atoms in total. The first-order chi connectivity index (χ1) is 26.2. The van der Waals surface area contributed by atoms with E-state index in [1.54, 1.807) is 0 Å². The lowest BCUT2D eigenvalue weighted by atomic mass is 9.63. The van der Waals surface area contributed by atoms with E-state index in [4.69, 9.17) is 14.6 Å². The molecule has 7 heteroatoms. The highest BCUT2D eigenvalue weighted by atomic mass is 16.5. The summed E-state index contributed by atoms with van der Waals surface area (Å²) in [5.74, 6) is -0.973. The third-order valence-corrected chi connectivity index (χ3v) is 10.5. The van der Waals surface area contributed by atoms with Crippen molar-refractivity contribution in [3.63, 3.8) is 0 Å². The van der Waals surface area contributed by atoms with Gasteiger partial charge in [0.05, 0.1) is 25.0 Å². The maximum atomic E-state index is 12.2. The maximum absolute atomic E-state index is 12.2. The normalized spacial score (nSPS) is 23.9. The Hall–Kier alpha value is -4.65. The average Bonchev–Trinajstić information content (AvgIpc) is 3.07. The standard InChI is InChI=1S/C49H68O7/c1-34(18-14-20-36(3)22-25-43-38(5)30-41(32-48(43,8)9)55-46(53)28-24-40(7)50)16-12-13-17-35(2)19-15-21-37(4)23-26-44-39(6)31-42(33-49(44,10)11)56-47(54)29-27-45(51)52/h12-23,25-26,38,41-43,50H,7,24,27-33H2,1-6,8-11H3,(H,51,52)/b13-12+,18-14+,19-15+,25-22+,26-23+,34-16+,35-17+,36-20+,37-21+. The Balaban J connectivity index is 1.89. The molecule has 0 amide bonds. The van der Waals surface area contributed by atoms with Crippen LogP contribution in [-0.2, 0) is 23.9 Å². The smallest absolute Gasteiger partial charge is 0.306 e. The molecular weight excluding hydrogens is 701 g/mol. The zero-order valence-corrected chi connectivity index (χ0v) is 35.7. The van der Waals surface area contributed by atoms with Crippen molar-refractivity contribution in [2.45, 2.75) is 133 Å². The molecule has 56 heavy (non-hydrogen) atoms. The van der Waals surface area contributed by atoms with Crippen molar-refractivity contribution in [1.29, 1.82) is 0 Å². The van der Waals surface area contributed by atoms with Crippen molar-refractivity contribution < 1.29 is 34.1 Å². The number of hydrogen-bond acceptors (Lipinski definition) is 6. The van der Waals surface area contributed by atoms with Crippen molar-refractivity contribution in [2.75, 3.05) is 0 Å². The van der Waals surface area contributed by atoms with Gasteiger partial charge in [0.1, 0.15) is 12.2 Å². The zero-order chi connectivity index (χ0) is 42.1. The van der Waals surface area contributed by atoms with E-state index < -0.39 is 11.9 Å². The number of carboxylic acid groups (broad SMARTS) is 1. The van der Waals surface area contributed by atoms with E-state index in [-0.39, 0.29) is 60.4 Å². The molecule has 0 aromatic heterocycles. The molecule has 0 bridgehead atoms. The lowest BCUT2D eigenvalue weighted by Gasteiger charge is -2.44. The Bertz CT molecular complexity index is 1710. The molecule has 0 radical (unpaired) electrons. The molecule has 0 aromatic rings. The van der Waals surface area contributed by atoms with Gasteiger partial charge in [0, 0.05) is 12.8 Å². The molecule has 0 saturated heterocycles. The first-order valence-corrected chi connectivity index (χ1v) is 19.9. The number of esters is 2. The molecular formula is C49H68O7. The van der Waals surface area contributed by atoms with Crippen LogP contribution in [0.5, 0.6) is 0 Å². The van der Waals surface area contributed by atoms with Crippen LogP contribution in [0, 0.1) is 22.7 Å². The molecule has 0 aliphatic heterocycles. The van der Waals surface area contributed by atoms with Gasteiger partial charge in [0.15, 0.2) is 0 Å². The molecule has 306 valence electrons. The van der Waals surface area contributed by atoms with Gasteiger partial charge in [-0.1, -0.05) is 154 Å². The topological polar surface area (TPSA) is 110 Å². The highest BCUT2D eigenvalue weighted by Gasteiger charge is 2.41. The fourth-order valence-electron chi connectivity index (χ4n) is 7.66. The Morgan fingerprint density at radius 1 is 0.714 bits per heavy atom. The van der Waals surface area contributed by atoms with E-state index in [9.17, 15) is 19.5 Å². The van der Waals surface area contributed by atoms with Crippen molar-refractivity contribution in [3.8, 4) is 0 Å². The number of aliphatic carboxylic acids is 1. The third-order valence-electron chi connectivity index (χ3n) is 10.5. The van der Waals surface area contributed by atoms with E-state index in [1.807, 2.05) is 12.2 Å². The summed E-state index contributed by atoms with van der Waals surface area (Å²) in [5, 5.41) is 18.1. The van der Waals surface area contributed by atoms with Crippen molar-refractivity contribution >= 4 is 17.9 Å². The number of ether oxygens (including phenoxy) is 2. The number of hydrogen-bond donors (Lipinski definition) is 2. The Morgan fingerprint density at radius 3 is 1.73 bits per heavy atom. The Labute approximate surface area is 337 Å². The quantitative estimate of drug-likeness (QED) is 0.0811. The van der Waals surface area contributed by atoms with Crippen LogP contribution in [0.3, 0.4) is 0 Å². The zero-order valence-electron chi connectivity index (χ0n) is 35.7. The van der Waals surface area contributed by atoms with Crippen molar-refractivity contribution in [3.05, 3.63) is 131 Å². The second-order valence-corrected chi connectivity index (χ2v) is 17.0. The highest BCUT2D eigenvalue weighted by molar-refractivity contribution is 5.76. The van der Waals surface area contributed by atoms with Gasteiger partial charge < -0.3 is 19.7 Å². The van der Waals surface area contributed by atoms with Gasteiger partial charge in [0.25, 0.3) is 0 Å². The molecule has 1 fully saturated rings. The summed E-state index contributed by atoms with van der Waals surface area (Å²) in [4.78, 5) is 35.1. The summed E-state index contributed by atoms with van der Waals surface area (Å²) >= 11 is 0. The summed E-state index contributed by atoms with van der Waals surface area (Å²) in [5.41, 5.74) is 6.81. The van der Waals surface area contributed by atoms with Crippen LogP contribution in [0.15, 0.2) is 131 Å². The number of carboxylic acids is 1. The molecule has 4 unspecified atom stereocenters. The number of carbonyl (C=O) groups excluding carboxylic acids is 2. The second-order valence-electron chi connectivity index (χ2n) is 17.0. The van der Waals surface area contributed by atoms with Crippen LogP contribution in [0.2, 0.25) is 0 Å². The van der Waals surface area contributed by atoms with Gasteiger partial charge in [0.2, 0.25) is 0 Å². The maximum Gasteiger partial charge on any atom is 0.306 e. The predicted octanol–water partition coefficient (Wildman–Crippen LogP) is 12.3. The molecule has 2 N–H and O–H groups in total. The summed E-state index contributed by atoms with van der Waals surface area (Å²) in [6, 6.07) is 0. The van der Waals surface area contributed by atoms with Gasteiger partial charge >= 0.3 is 17.9 Å². The van der Waals surface area contributed by atoms with Gasteiger partial charge in [-0.3, -0.25) is 14.4 Å². The molecule has 1 saturated carbocycles.